The van der Waals surface area contributed by atoms with E-state index in [1.54, 1.807) is 0 Å². The van der Waals surface area contributed by atoms with Gasteiger partial charge in [0.05, 0.1) is 13.0 Å². The van der Waals surface area contributed by atoms with Crippen LogP contribution in [0.4, 0.5) is 5.69 Å². The summed E-state index contributed by atoms with van der Waals surface area (Å²) in [5, 5.41) is 2.98. The first-order valence-electron chi connectivity index (χ1n) is 8.84. The van der Waals surface area contributed by atoms with Crippen LogP contribution in [-0.4, -0.2) is 10.5 Å². The largest absolute Gasteiger partial charge is 0.323 e. The molecule has 0 saturated heterocycles. The Labute approximate surface area is 161 Å². The van der Waals surface area contributed by atoms with Crippen LogP contribution in [0.5, 0.6) is 0 Å². The van der Waals surface area contributed by atoms with Gasteiger partial charge in [-0.3, -0.25) is 4.79 Å². The zero-order chi connectivity index (χ0) is 18.1. The summed E-state index contributed by atoms with van der Waals surface area (Å²) in [6, 6.07) is 16.2. The van der Waals surface area contributed by atoms with E-state index in [2.05, 4.69) is 67.8 Å². The fourth-order valence-corrected chi connectivity index (χ4v) is 3.75. The molecule has 0 bridgehead atoms. The van der Waals surface area contributed by atoms with E-state index in [1.807, 2.05) is 24.3 Å². The lowest BCUT2D eigenvalue weighted by Crippen LogP contribution is -2.42. The molecule has 26 heavy (non-hydrogen) atoms. The molecule has 4 nitrogen and oxygen atoms in total. The first-order valence-corrected chi connectivity index (χ1v) is 9.64. The van der Waals surface area contributed by atoms with Crippen molar-refractivity contribution < 1.29 is 9.36 Å². The van der Waals surface area contributed by atoms with Crippen molar-refractivity contribution >= 4 is 27.5 Å². The summed E-state index contributed by atoms with van der Waals surface area (Å²) >= 11 is 3.41. The second-order valence-electron chi connectivity index (χ2n) is 6.73. The number of halogens is 1. The number of hydrogen-bond acceptors (Lipinski definition) is 1. The highest BCUT2D eigenvalue weighted by Gasteiger charge is 2.29. The molecule has 0 saturated carbocycles. The third-order valence-corrected chi connectivity index (χ3v) is 5.31. The number of aryl methyl sites for hydroxylation is 1. The molecular weight excluding hydrogens is 390 g/mol. The number of nitrogens with zero attached hydrogens (tertiary/aromatic N) is 2. The van der Waals surface area contributed by atoms with E-state index >= 15 is 0 Å². The zero-order valence-corrected chi connectivity index (χ0v) is 16.3. The van der Waals surface area contributed by atoms with Crippen LogP contribution in [0.1, 0.15) is 17.8 Å². The number of carbonyl (C=O) groups is 1. The van der Waals surface area contributed by atoms with Gasteiger partial charge in [-0.2, -0.15) is 0 Å². The summed E-state index contributed by atoms with van der Waals surface area (Å²) < 4.78 is 5.44. The van der Waals surface area contributed by atoms with Crippen molar-refractivity contribution in [1.29, 1.82) is 0 Å². The maximum atomic E-state index is 12.5. The number of aromatic nitrogens is 2. The maximum absolute atomic E-state index is 12.5. The van der Waals surface area contributed by atoms with E-state index in [0.717, 1.165) is 29.5 Å². The van der Waals surface area contributed by atoms with Crippen LogP contribution < -0.4 is 9.88 Å². The van der Waals surface area contributed by atoms with Gasteiger partial charge in [0.1, 0.15) is 6.20 Å². The molecule has 1 aliphatic rings. The highest BCUT2D eigenvalue weighted by Crippen LogP contribution is 2.25. The van der Waals surface area contributed by atoms with E-state index in [1.165, 1.54) is 22.6 Å². The quantitative estimate of drug-likeness (QED) is 0.645. The standard InChI is InChI=1S/C21H20BrN3O/c1-15-4-6-16(7-5-15)19-13-24(21-3-2-12-25(19)21)14-20(26)23-18-10-8-17(22)9-11-18/h4-11,13H,2-3,12,14H2,1H3/p+1. The third kappa shape index (κ3) is 3.44. The van der Waals surface area contributed by atoms with Crippen LogP contribution in [0.3, 0.4) is 0 Å². The summed E-state index contributed by atoms with van der Waals surface area (Å²) in [5.41, 5.74) is 4.46. The van der Waals surface area contributed by atoms with Crippen molar-refractivity contribution in [2.24, 2.45) is 0 Å². The van der Waals surface area contributed by atoms with E-state index in [9.17, 15) is 4.79 Å². The summed E-state index contributed by atoms with van der Waals surface area (Å²) in [6.45, 7) is 3.44. The lowest BCUT2D eigenvalue weighted by molar-refractivity contribution is -0.690. The number of amides is 1. The molecule has 4 rings (SSSR count). The second-order valence-corrected chi connectivity index (χ2v) is 7.65. The molecule has 0 spiro atoms. The molecule has 1 aromatic heterocycles. The van der Waals surface area contributed by atoms with Crippen LogP contribution in [-0.2, 0) is 24.3 Å². The van der Waals surface area contributed by atoms with Crippen LogP contribution in [0.25, 0.3) is 11.3 Å². The summed E-state index contributed by atoms with van der Waals surface area (Å²) in [5.74, 6) is 1.22. The predicted octanol–water partition coefficient (Wildman–Crippen LogP) is 4.10. The lowest BCUT2D eigenvalue weighted by atomic mass is 10.1. The molecule has 2 heterocycles. The monoisotopic (exact) mass is 410 g/mol. The molecule has 2 aromatic carbocycles. The van der Waals surface area contributed by atoms with E-state index in [-0.39, 0.29) is 5.91 Å². The third-order valence-electron chi connectivity index (χ3n) is 4.78. The van der Waals surface area contributed by atoms with Crippen molar-refractivity contribution in [2.45, 2.75) is 32.9 Å². The Kier molecular flexibility index (Phi) is 4.64. The van der Waals surface area contributed by atoms with Gasteiger partial charge in [0, 0.05) is 15.7 Å². The first kappa shape index (κ1) is 17.0. The van der Waals surface area contributed by atoms with Crippen molar-refractivity contribution in [2.75, 3.05) is 5.32 Å². The van der Waals surface area contributed by atoms with Gasteiger partial charge in [-0.1, -0.05) is 45.8 Å². The molecule has 1 amide bonds. The minimum atomic E-state index is -0.00641. The number of hydrogen-bond donors (Lipinski definition) is 1. The SMILES string of the molecule is Cc1ccc(-c2c[n+](CC(=O)Nc3ccc(Br)cc3)c3n2CCC3)cc1. The van der Waals surface area contributed by atoms with Gasteiger partial charge >= 0.3 is 0 Å². The van der Waals surface area contributed by atoms with Crippen molar-refractivity contribution in [1.82, 2.24) is 4.57 Å². The Balaban J connectivity index is 1.57. The second kappa shape index (κ2) is 7.08. The van der Waals surface area contributed by atoms with Gasteiger partial charge < -0.3 is 5.32 Å². The van der Waals surface area contributed by atoms with Gasteiger partial charge in [0.25, 0.3) is 11.7 Å². The number of rotatable bonds is 4. The number of carbonyl (C=O) groups excluding carboxylic acids is 1. The lowest BCUT2D eigenvalue weighted by Gasteiger charge is -2.04. The average molecular weight is 411 g/mol. The molecule has 1 aliphatic heterocycles. The van der Waals surface area contributed by atoms with Crippen molar-refractivity contribution in [3.8, 4) is 11.3 Å². The molecule has 0 fully saturated rings. The van der Waals surface area contributed by atoms with E-state index < -0.39 is 0 Å². The fraction of sp³-hybridized carbons (Fsp3) is 0.238. The number of fused-ring (bicyclic) bond motifs is 1. The molecule has 0 radical (unpaired) electrons. The number of benzene rings is 2. The molecule has 3 aromatic rings. The Morgan fingerprint density at radius 2 is 1.88 bits per heavy atom. The van der Waals surface area contributed by atoms with Crippen LogP contribution in [0.15, 0.2) is 59.2 Å². The van der Waals surface area contributed by atoms with E-state index in [4.69, 9.17) is 0 Å². The number of imidazole rings is 1. The Morgan fingerprint density at radius 3 is 2.62 bits per heavy atom. The zero-order valence-electron chi connectivity index (χ0n) is 14.7. The van der Waals surface area contributed by atoms with Gasteiger partial charge in [0.2, 0.25) is 0 Å². The van der Waals surface area contributed by atoms with Crippen LogP contribution in [0, 0.1) is 6.92 Å². The Hall–Kier alpha value is -2.40. The molecule has 1 N–H and O–H groups in total. The summed E-state index contributed by atoms with van der Waals surface area (Å²) in [6.07, 6.45) is 4.25. The summed E-state index contributed by atoms with van der Waals surface area (Å²) in [7, 11) is 0. The highest BCUT2D eigenvalue weighted by atomic mass is 79.9. The van der Waals surface area contributed by atoms with E-state index in [0.29, 0.717) is 6.54 Å². The number of nitrogens with one attached hydrogen (secondary N) is 1. The Morgan fingerprint density at radius 1 is 1.15 bits per heavy atom. The minimum absolute atomic E-state index is 0.00641. The normalized spacial score (nSPS) is 12.8. The van der Waals surface area contributed by atoms with Crippen molar-refractivity contribution in [3.05, 3.63) is 70.6 Å². The first-order chi connectivity index (χ1) is 12.6. The van der Waals surface area contributed by atoms with Gasteiger partial charge in [-0.05, 0) is 37.6 Å². The molecule has 0 atom stereocenters. The topological polar surface area (TPSA) is 37.9 Å². The number of anilines is 1. The fourth-order valence-electron chi connectivity index (χ4n) is 3.49. The molecule has 0 unspecified atom stereocenters. The average Bonchev–Trinajstić information content (AvgIpc) is 3.22. The van der Waals surface area contributed by atoms with Crippen LogP contribution in [0.2, 0.25) is 0 Å². The van der Waals surface area contributed by atoms with Crippen LogP contribution >= 0.6 is 15.9 Å². The predicted molar refractivity (Wildman–Crippen MR) is 106 cm³/mol. The molecule has 5 heteroatoms. The van der Waals surface area contributed by atoms with Gasteiger partial charge in [0.15, 0.2) is 12.2 Å². The maximum Gasteiger partial charge on any atom is 0.266 e. The minimum Gasteiger partial charge on any atom is -0.323 e. The highest BCUT2D eigenvalue weighted by molar-refractivity contribution is 9.10. The molecular formula is C21H21BrN3O+. The Bertz CT molecular complexity index is 943. The molecule has 132 valence electrons. The van der Waals surface area contributed by atoms with Gasteiger partial charge in [-0.25, -0.2) is 9.13 Å². The smallest absolute Gasteiger partial charge is 0.266 e. The van der Waals surface area contributed by atoms with Crippen molar-refractivity contribution in [3.63, 3.8) is 0 Å². The molecule has 0 aliphatic carbocycles. The summed E-state index contributed by atoms with van der Waals surface area (Å²) in [4.78, 5) is 12.5. The van der Waals surface area contributed by atoms with Gasteiger partial charge in [-0.15, -0.1) is 0 Å².